The molecule has 0 bridgehead atoms. The summed E-state index contributed by atoms with van der Waals surface area (Å²) in [5.41, 5.74) is 9.85. The number of ether oxygens (including phenoxy) is 1. The monoisotopic (exact) mass is 508 g/mol. The average molecular weight is 510 g/mol. The number of nitrogen functional groups attached to an aromatic ring is 1. The SMILES string of the molecule is COc1ccc2cc(-c3cc(-c4cnn(C5CCNCC5)c4)cnc3N)ncc2c1.Cl.Cl.Cl. The summed E-state index contributed by atoms with van der Waals surface area (Å²) in [5.74, 6) is 1.27. The van der Waals surface area contributed by atoms with Crippen LogP contribution in [0.2, 0.25) is 0 Å². The summed E-state index contributed by atoms with van der Waals surface area (Å²) in [5, 5.41) is 10.1. The fraction of sp³-hybridized carbons (Fsp3) is 0.261. The average Bonchev–Trinajstić information content (AvgIpc) is 3.30. The molecule has 0 radical (unpaired) electrons. The van der Waals surface area contributed by atoms with Crippen LogP contribution in [0.3, 0.4) is 0 Å². The molecule has 0 saturated carbocycles. The van der Waals surface area contributed by atoms with Gasteiger partial charge in [-0.25, -0.2) is 4.98 Å². The Morgan fingerprint density at radius 2 is 1.73 bits per heavy atom. The zero-order valence-electron chi connectivity index (χ0n) is 18.1. The molecule has 3 N–H and O–H groups in total. The van der Waals surface area contributed by atoms with Crippen LogP contribution in [0.4, 0.5) is 5.82 Å². The number of anilines is 1. The van der Waals surface area contributed by atoms with Gasteiger partial charge in [-0.1, -0.05) is 6.07 Å². The fourth-order valence-electron chi connectivity index (χ4n) is 3.99. The Labute approximate surface area is 211 Å². The van der Waals surface area contributed by atoms with E-state index in [0.717, 1.165) is 64.8 Å². The Kier molecular flexibility index (Phi) is 9.31. The first-order chi connectivity index (χ1) is 14.7. The highest BCUT2D eigenvalue weighted by atomic mass is 35.5. The van der Waals surface area contributed by atoms with Crippen LogP contribution in [-0.4, -0.2) is 39.9 Å². The Bertz CT molecular complexity index is 1210. The van der Waals surface area contributed by atoms with E-state index in [1.807, 2.05) is 42.7 Å². The van der Waals surface area contributed by atoms with Crippen molar-refractivity contribution in [1.82, 2.24) is 25.1 Å². The first kappa shape index (κ1) is 26.7. The van der Waals surface area contributed by atoms with Crippen molar-refractivity contribution in [2.45, 2.75) is 18.9 Å². The molecule has 10 heteroatoms. The normalized spacial score (nSPS) is 13.5. The second-order valence-corrected chi connectivity index (χ2v) is 7.63. The van der Waals surface area contributed by atoms with Crippen molar-refractivity contribution < 1.29 is 4.74 Å². The highest BCUT2D eigenvalue weighted by Gasteiger charge is 2.17. The van der Waals surface area contributed by atoms with Gasteiger partial charge in [-0.2, -0.15) is 5.10 Å². The molecule has 1 fully saturated rings. The van der Waals surface area contributed by atoms with Crippen LogP contribution in [0.15, 0.2) is 55.1 Å². The van der Waals surface area contributed by atoms with Crippen molar-refractivity contribution in [3.8, 4) is 28.1 Å². The summed E-state index contributed by atoms with van der Waals surface area (Å²) >= 11 is 0. The van der Waals surface area contributed by atoms with Gasteiger partial charge in [0.1, 0.15) is 11.6 Å². The number of aromatic nitrogens is 4. The predicted molar refractivity (Wildman–Crippen MR) is 140 cm³/mol. The first-order valence-electron chi connectivity index (χ1n) is 10.2. The number of methoxy groups -OCH3 is 1. The Hall–Kier alpha value is -2.58. The predicted octanol–water partition coefficient (Wildman–Crippen LogP) is 4.94. The van der Waals surface area contributed by atoms with Crippen molar-refractivity contribution in [1.29, 1.82) is 0 Å². The molecule has 7 nitrogen and oxygen atoms in total. The minimum atomic E-state index is 0. The molecule has 3 aromatic heterocycles. The van der Waals surface area contributed by atoms with E-state index in [1.54, 1.807) is 13.3 Å². The standard InChI is InChI=1S/C23H24N6O.3ClH/c1-30-20-3-2-15-10-22(26-11-16(15)8-20)21-9-17(12-27-23(21)24)18-13-28-29(14-18)19-4-6-25-7-5-19;;;/h2-3,8-14,19,25H,4-7H2,1H3,(H2,24,27);3*1H. The van der Waals surface area contributed by atoms with E-state index in [0.29, 0.717) is 11.9 Å². The number of hydrogen-bond acceptors (Lipinski definition) is 6. The van der Waals surface area contributed by atoms with E-state index in [1.165, 1.54) is 0 Å². The molecule has 0 spiro atoms. The molecule has 33 heavy (non-hydrogen) atoms. The molecule has 4 aromatic rings. The Morgan fingerprint density at radius 3 is 2.48 bits per heavy atom. The molecule has 4 heterocycles. The molecule has 1 aliphatic heterocycles. The lowest BCUT2D eigenvalue weighted by Gasteiger charge is -2.22. The van der Waals surface area contributed by atoms with Gasteiger partial charge >= 0.3 is 0 Å². The molecule has 5 rings (SSSR count). The Balaban J connectivity index is 0.00000128. The maximum atomic E-state index is 6.21. The molecule has 1 aliphatic rings. The summed E-state index contributed by atoms with van der Waals surface area (Å²) in [6, 6.07) is 10.5. The number of rotatable bonds is 4. The van der Waals surface area contributed by atoms with Crippen LogP contribution >= 0.6 is 37.2 Å². The number of halogens is 3. The van der Waals surface area contributed by atoms with Crippen molar-refractivity contribution in [2.24, 2.45) is 0 Å². The van der Waals surface area contributed by atoms with Crippen LogP contribution in [0.1, 0.15) is 18.9 Å². The summed E-state index contributed by atoms with van der Waals surface area (Å²) < 4.78 is 7.37. The molecule has 0 atom stereocenters. The van der Waals surface area contributed by atoms with Gasteiger partial charge in [-0.15, -0.1) is 37.2 Å². The lowest BCUT2D eigenvalue weighted by Crippen LogP contribution is -2.29. The van der Waals surface area contributed by atoms with Crippen molar-refractivity contribution in [2.75, 3.05) is 25.9 Å². The third-order valence-electron chi connectivity index (χ3n) is 5.74. The minimum Gasteiger partial charge on any atom is -0.497 e. The highest BCUT2D eigenvalue weighted by molar-refractivity contribution is 5.88. The molecule has 1 saturated heterocycles. The molecular formula is C23H27Cl3N6O. The zero-order chi connectivity index (χ0) is 20.5. The number of pyridine rings is 2. The third kappa shape index (κ3) is 5.50. The van der Waals surface area contributed by atoms with E-state index in [-0.39, 0.29) is 37.2 Å². The van der Waals surface area contributed by atoms with E-state index >= 15 is 0 Å². The largest absolute Gasteiger partial charge is 0.497 e. The van der Waals surface area contributed by atoms with Crippen molar-refractivity contribution in [3.05, 3.63) is 55.1 Å². The highest BCUT2D eigenvalue weighted by Crippen LogP contribution is 2.31. The zero-order valence-corrected chi connectivity index (χ0v) is 20.6. The Morgan fingerprint density at radius 1 is 0.939 bits per heavy atom. The van der Waals surface area contributed by atoms with E-state index < -0.39 is 0 Å². The molecular weight excluding hydrogens is 483 g/mol. The quantitative estimate of drug-likeness (QED) is 0.405. The summed E-state index contributed by atoms with van der Waals surface area (Å²) in [6.07, 6.45) is 9.84. The molecule has 1 aromatic carbocycles. The summed E-state index contributed by atoms with van der Waals surface area (Å²) in [6.45, 7) is 2.07. The number of piperidine rings is 1. The van der Waals surface area contributed by atoms with E-state index in [2.05, 4.69) is 31.3 Å². The van der Waals surface area contributed by atoms with Crippen LogP contribution in [-0.2, 0) is 0 Å². The number of hydrogen-bond donors (Lipinski definition) is 2. The topological polar surface area (TPSA) is 90.9 Å². The van der Waals surface area contributed by atoms with Crippen molar-refractivity contribution in [3.63, 3.8) is 0 Å². The molecule has 0 aliphatic carbocycles. The lowest BCUT2D eigenvalue weighted by atomic mass is 10.0. The maximum Gasteiger partial charge on any atom is 0.132 e. The maximum absolute atomic E-state index is 6.21. The van der Waals surface area contributed by atoms with Gasteiger partial charge in [-0.05, 0) is 55.6 Å². The van der Waals surface area contributed by atoms with Crippen LogP contribution in [0, 0.1) is 0 Å². The molecule has 176 valence electrons. The first-order valence-corrected chi connectivity index (χ1v) is 10.2. The van der Waals surface area contributed by atoms with Gasteiger partial charge in [0.2, 0.25) is 0 Å². The van der Waals surface area contributed by atoms with Gasteiger partial charge in [0.05, 0.1) is 25.0 Å². The van der Waals surface area contributed by atoms with Gasteiger partial charge in [0, 0.05) is 40.7 Å². The third-order valence-corrected chi connectivity index (χ3v) is 5.74. The van der Waals surface area contributed by atoms with Crippen molar-refractivity contribution >= 4 is 53.8 Å². The molecule has 0 unspecified atom stereocenters. The summed E-state index contributed by atoms with van der Waals surface area (Å²) in [4.78, 5) is 9.06. The lowest BCUT2D eigenvalue weighted by molar-refractivity contribution is 0.343. The second-order valence-electron chi connectivity index (χ2n) is 7.63. The summed E-state index contributed by atoms with van der Waals surface area (Å²) in [7, 11) is 1.66. The van der Waals surface area contributed by atoms with Gasteiger partial charge in [-0.3, -0.25) is 9.67 Å². The van der Waals surface area contributed by atoms with Crippen LogP contribution in [0.5, 0.6) is 5.75 Å². The smallest absolute Gasteiger partial charge is 0.132 e. The molecule has 0 amide bonds. The minimum absolute atomic E-state index is 0. The van der Waals surface area contributed by atoms with Crippen LogP contribution < -0.4 is 15.8 Å². The van der Waals surface area contributed by atoms with E-state index in [4.69, 9.17) is 10.5 Å². The van der Waals surface area contributed by atoms with Gasteiger partial charge in [0.25, 0.3) is 0 Å². The number of fused-ring (bicyclic) bond motifs is 1. The number of benzene rings is 1. The van der Waals surface area contributed by atoms with Gasteiger partial charge < -0.3 is 15.8 Å². The number of nitrogens with zero attached hydrogens (tertiary/aromatic N) is 4. The van der Waals surface area contributed by atoms with Crippen LogP contribution in [0.25, 0.3) is 33.2 Å². The second kappa shape index (κ2) is 11.5. The number of nitrogens with two attached hydrogens (primary N) is 1. The fourth-order valence-corrected chi connectivity index (χ4v) is 3.99. The number of nitrogens with one attached hydrogen (secondary N) is 1. The van der Waals surface area contributed by atoms with E-state index in [9.17, 15) is 0 Å². The van der Waals surface area contributed by atoms with Gasteiger partial charge in [0.15, 0.2) is 0 Å².